The highest BCUT2D eigenvalue weighted by atomic mass is 19.1. The van der Waals surface area contributed by atoms with Gasteiger partial charge < -0.3 is 15.5 Å². The molecule has 0 spiro atoms. The summed E-state index contributed by atoms with van der Waals surface area (Å²) in [5.41, 5.74) is 1.55. The van der Waals surface area contributed by atoms with Gasteiger partial charge in [0.05, 0.1) is 11.9 Å². The zero-order chi connectivity index (χ0) is 21.5. The van der Waals surface area contributed by atoms with E-state index in [1.165, 1.54) is 19.3 Å². The second-order valence-electron chi connectivity index (χ2n) is 7.21. The number of carbonyl (C=O) groups excluding carboxylic acids is 2. The van der Waals surface area contributed by atoms with Crippen LogP contribution >= 0.6 is 0 Å². The first-order valence-electron chi connectivity index (χ1n) is 10.1. The largest absolute Gasteiger partial charge is 0.368 e. The molecule has 1 aliphatic rings. The van der Waals surface area contributed by atoms with Crippen LogP contribution < -0.4 is 15.5 Å². The molecule has 1 aliphatic heterocycles. The number of pyridine rings is 2. The molecule has 0 atom stereocenters. The Kier molecular flexibility index (Phi) is 7.29. The van der Waals surface area contributed by atoms with E-state index in [4.69, 9.17) is 0 Å². The summed E-state index contributed by atoms with van der Waals surface area (Å²) in [6, 6.07) is 5.21. The Morgan fingerprint density at radius 1 is 1.17 bits per heavy atom. The number of anilines is 2. The molecule has 0 bridgehead atoms. The summed E-state index contributed by atoms with van der Waals surface area (Å²) in [6.07, 6.45) is 4.52. The number of nitrogens with zero attached hydrogens (tertiary/aromatic N) is 4. The fraction of sp³-hybridized carbons (Fsp3) is 0.429. The average Bonchev–Trinajstić information content (AvgIpc) is 2.74. The van der Waals surface area contributed by atoms with Crippen LogP contribution in [0.15, 0.2) is 30.6 Å². The van der Waals surface area contributed by atoms with Gasteiger partial charge in [-0.3, -0.25) is 14.5 Å². The van der Waals surface area contributed by atoms with Crippen molar-refractivity contribution in [2.45, 2.75) is 26.3 Å². The number of aromatic nitrogens is 2. The Morgan fingerprint density at radius 3 is 2.60 bits per heavy atom. The van der Waals surface area contributed by atoms with Crippen LogP contribution in [0.4, 0.5) is 15.9 Å². The Morgan fingerprint density at radius 2 is 1.93 bits per heavy atom. The zero-order valence-electron chi connectivity index (χ0n) is 17.3. The first-order valence-corrected chi connectivity index (χ1v) is 10.1. The summed E-state index contributed by atoms with van der Waals surface area (Å²) >= 11 is 0. The van der Waals surface area contributed by atoms with Gasteiger partial charge in [-0.05, 0) is 24.1 Å². The van der Waals surface area contributed by atoms with Gasteiger partial charge >= 0.3 is 0 Å². The predicted octanol–water partition coefficient (Wildman–Crippen LogP) is 2.04. The molecule has 2 aromatic rings. The number of halogens is 1. The third-order valence-corrected chi connectivity index (χ3v) is 4.98. The van der Waals surface area contributed by atoms with Crippen molar-refractivity contribution in [2.75, 3.05) is 43.4 Å². The van der Waals surface area contributed by atoms with Crippen LogP contribution in [-0.4, -0.2) is 59.9 Å². The van der Waals surface area contributed by atoms with Crippen LogP contribution in [0.5, 0.6) is 0 Å². The molecule has 3 rings (SSSR count). The summed E-state index contributed by atoms with van der Waals surface area (Å²) in [4.78, 5) is 35.9. The van der Waals surface area contributed by atoms with E-state index in [1.807, 2.05) is 19.1 Å². The van der Waals surface area contributed by atoms with Gasteiger partial charge in [-0.15, -0.1) is 0 Å². The third-order valence-electron chi connectivity index (χ3n) is 4.98. The van der Waals surface area contributed by atoms with E-state index < -0.39 is 11.7 Å². The molecule has 3 heterocycles. The summed E-state index contributed by atoms with van der Waals surface area (Å²) in [7, 11) is 1.45. The molecular formula is C21H27FN6O2. The SMILES string of the molecule is CCCC(=O)Nc1cc(CN2CCN(c3cnc(C(=O)NC)c(F)c3)CC2)ccn1. The van der Waals surface area contributed by atoms with Crippen molar-refractivity contribution in [3.63, 3.8) is 0 Å². The minimum absolute atomic E-state index is 0.0287. The summed E-state index contributed by atoms with van der Waals surface area (Å²) in [5.74, 6) is -0.614. The monoisotopic (exact) mass is 414 g/mol. The third kappa shape index (κ3) is 5.50. The lowest BCUT2D eigenvalue weighted by molar-refractivity contribution is -0.116. The normalized spacial score (nSPS) is 14.4. The Bertz CT molecular complexity index is 899. The molecular weight excluding hydrogens is 387 g/mol. The lowest BCUT2D eigenvalue weighted by Crippen LogP contribution is -2.46. The lowest BCUT2D eigenvalue weighted by atomic mass is 10.2. The van der Waals surface area contributed by atoms with Gasteiger partial charge in [0.1, 0.15) is 5.82 Å². The maximum absolute atomic E-state index is 14.2. The van der Waals surface area contributed by atoms with Gasteiger partial charge in [0.15, 0.2) is 11.5 Å². The number of hydrogen-bond acceptors (Lipinski definition) is 6. The van der Waals surface area contributed by atoms with Crippen LogP contribution in [0.1, 0.15) is 35.8 Å². The number of hydrogen-bond donors (Lipinski definition) is 2. The summed E-state index contributed by atoms with van der Waals surface area (Å²) in [5, 5.41) is 5.20. The molecule has 0 aliphatic carbocycles. The number of rotatable bonds is 7. The second kappa shape index (κ2) is 10.1. The van der Waals surface area contributed by atoms with Crippen molar-refractivity contribution in [3.8, 4) is 0 Å². The van der Waals surface area contributed by atoms with E-state index in [0.29, 0.717) is 17.9 Å². The fourth-order valence-corrected chi connectivity index (χ4v) is 3.38. The van der Waals surface area contributed by atoms with Crippen LogP contribution in [0.3, 0.4) is 0 Å². The minimum Gasteiger partial charge on any atom is -0.368 e. The highest BCUT2D eigenvalue weighted by molar-refractivity contribution is 5.92. The number of nitrogens with one attached hydrogen (secondary N) is 2. The fourth-order valence-electron chi connectivity index (χ4n) is 3.38. The molecule has 1 saturated heterocycles. The highest BCUT2D eigenvalue weighted by Gasteiger charge is 2.20. The minimum atomic E-state index is -0.622. The number of carbonyl (C=O) groups is 2. The predicted molar refractivity (Wildman–Crippen MR) is 113 cm³/mol. The van der Waals surface area contributed by atoms with Crippen molar-refractivity contribution in [3.05, 3.63) is 47.7 Å². The van der Waals surface area contributed by atoms with Gasteiger partial charge in [0.2, 0.25) is 5.91 Å². The molecule has 2 aromatic heterocycles. The van der Waals surface area contributed by atoms with Crippen molar-refractivity contribution < 1.29 is 14.0 Å². The molecule has 8 nitrogen and oxygen atoms in total. The smallest absolute Gasteiger partial charge is 0.272 e. The van der Waals surface area contributed by atoms with Gasteiger partial charge in [-0.25, -0.2) is 14.4 Å². The number of piperazine rings is 1. The van der Waals surface area contributed by atoms with E-state index >= 15 is 0 Å². The average molecular weight is 414 g/mol. The molecule has 0 saturated carbocycles. The van der Waals surface area contributed by atoms with E-state index in [1.54, 1.807) is 6.20 Å². The van der Waals surface area contributed by atoms with Crippen molar-refractivity contribution in [1.29, 1.82) is 0 Å². The van der Waals surface area contributed by atoms with Crippen molar-refractivity contribution in [1.82, 2.24) is 20.2 Å². The van der Waals surface area contributed by atoms with Crippen LogP contribution in [0.25, 0.3) is 0 Å². The maximum Gasteiger partial charge on any atom is 0.272 e. The number of amides is 2. The van der Waals surface area contributed by atoms with Crippen molar-refractivity contribution >= 4 is 23.3 Å². The van der Waals surface area contributed by atoms with Gasteiger partial charge in [0.25, 0.3) is 5.91 Å². The van der Waals surface area contributed by atoms with Gasteiger partial charge in [-0.1, -0.05) is 6.92 Å². The zero-order valence-corrected chi connectivity index (χ0v) is 17.3. The van der Waals surface area contributed by atoms with Crippen LogP contribution in [0, 0.1) is 5.82 Å². The highest BCUT2D eigenvalue weighted by Crippen LogP contribution is 2.19. The molecule has 0 radical (unpaired) electrons. The molecule has 30 heavy (non-hydrogen) atoms. The summed E-state index contributed by atoms with van der Waals surface area (Å²) < 4.78 is 14.2. The first-order chi connectivity index (χ1) is 14.5. The Labute approximate surface area is 175 Å². The molecule has 0 unspecified atom stereocenters. The Hall–Kier alpha value is -3.07. The van der Waals surface area contributed by atoms with Crippen LogP contribution in [0.2, 0.25) is 0 Å². The topological polar surface area (TPSA) is 90.5 Å². The molecule has 9 heteroatoms. The van der Waals surface area contributed by atoms with Crippen molar-refractivity contribution in [2.24, 2.45) is 0 Å². The molecule has 160 valence electrons. The van der Waals surface area contributed by atoms with Crippen LogP contribution in [-0.2, 0) is 11.3 Å². The molecule has 1 fully saturated rings. The van der Waals surface area contributed by atoms with Gasteiger partial charge in [0, 0.05) is 58.5 Å². The van der Waals surface area contributed by atoms with E-state index in [9.17, 15) is 14.0 Å². The quantitative estimate of drug-likeness (QED) is 0.721. The van der Waals surface area contributed by atoms with E-state index in [0.717, 1.165) is 44.7 Å². The lowest BCUT2D eigenvalue weighted by Gasteiger charge is -2.36. The first kappa shape index (κ1) is 21.6. The van der Waals surface area contributed by atoms with E-state index in [2.05, 4.69) is 30.4 Å². The molecule has 2 amide bonds. The molecule has 2 N–H and O–H groups in total. The second-order valence-corrected chi connectivity index (χ2v) is 7.21. The maximum atomic E-state index is 14.2. The van der Waals surface area contributed by atoms with E-state index in [-0.39, 0.29) is 11.6 Å². The summed E-state index contributed by atoms with van der Waals surface area (Å²) in [6.45, 7) is 5.77. The Balaban J connectivity index is 1.55. The molecule has 0 aromatic carbocycles. The standard InChI is InChI=1S/C21H27FN6O2/c1-3-4-19(29)26-18-11-15(5-6-24-18)14-27-7-9-28(10-8-27)16-12-17(22)20(25-13-16)21(30)23-2/h5-6,11-13H,3-4,7-10,14H2,1-2H3,(H,23,30)(H,24,26,29). The van der Waals surface area contributed by atoms with Gasteiger partial charge in [-0.2, -0.15) is 0 Å².